The molecule has 0 bridgehead atoms. The fourth-order valence-corrected chi connectivity index (χ4v) is 3.11. The Hall–Kier alpha value is -0.590. The number of likely N-dealkylation sites (N-methyl/N-ethyl adjacent to an activating group) is 1. The Bertz CT molecular complexity index is 442. The Labute approximate surface area is 130 Å². The molecule has 0 saturated heterocycles. The van der Waals surface area contributed by atoms with Crippen LogP contribution in [0.4, 0.5) is 0 Å². The lowest BCUT2D eigenvalue weighted by molar-refractivity contribution is -0.142. The van der Waals surface area contributed by atoms with Gasteiger partial charge in [0.2, 0.25) is 0 Å². The van der Waals surface area contributed by atoms with Crippen LogP contribution in [0.25, 0.3) is 0 Å². The highest BCUT2D eigenvalue weighted by atomic mass is 79.9. The van der Waals surface area contributed by atoms with Gasteiger partial charge in [-0.25, -0.2) is 0 Å². The summed E-state index contributed by atoms with van der Waals surface area (Å²) < 4.78 is 7.22. The molecule has 106 valence electrons. The predicted molar refractivity (Wildman–Crippen MR) is 81.6 cm³/mol. The molecule has 4 nitrogen and oxygen atoms in total. The Morgan fingerprint density at radius 2 is 1.95 bits per heavy atom. The number of carboxylic acids is 1. The summed E-state index contributed by atoms with van der Waals surface area (Å²) in [6.45, 7) is 4.74. The molecule has 0 heterocycles. The first-order valence-electron chi connectivity index (χ1n) is 5.90. The van der Waals surface area contributed by atoms with E-state index in [0.717, 1.165) is 20.3 Å². The van der Waals surface area contributed by atoms with E-state index in [4.69, 9.17) is 9.84 Å². The number of halogens is 2. The Morgan fingerprint density at radius 1 is 1.42 bits per heavy atom. The highest BCUT2D eigenvalue weighted by molar-refractivity contribution is 9.11. The van der Waals surface area contributed by atoms with Crippen molar-refractivity contribution in [2.24, 2.45) is 0 Å². The van der Waals surface area contributed by atoms with Gasteiger partial charge in [0.15, 0.2) is 0 Å². The number of aliphatic carboxylic acids is 1. The van der Waals surface area contributed by atoms with E-state index in [0.29, 0.717) is 13.2 Å². The van der Waals surface area contributed by atoms with Crippen LogP contribution in [-0.2, 0) is 11.3 Å². The van der Waals surface area contributed by atoms with Gasteiger partial charge >= 0.3 is 5.97 Å². The average Bonchev–Trinajstić information content (AvgIpc) is 2.32. The van der Waals surface area contributed by atoms with Gasteiger partial charge in [-0.05, 0) is 70.5 Å². The Morgan fingerprint density at radius 3 is 2.37 bits per heavy atom. The molecule has 1 N–H and O–H groups in total. The minimum atomic E-state index is -0.827. The molecule has 0 amide bonds. The van der Waals surface area contributed by atoms with Crippen LogP contribution in [0, 0.1) is 0 Å². The predicted octanol–water partition coefficient (Wildman–Crippen LogP) is 3.52. The largest absolute Gasteiger partial charge is 0.492 e. The van der Waals surface area contributed by atoms with E-state index in [2.05, 4.69) is 31.9 Å². The molecule has 0 aromatic heterocycles. The lowest BCUT2D eigenvalue weighted by Gasteiger charge is -2.21. The zero-order chi connectivity index (χ0) is 14.6. The van der Waals surface area contributed by atoms with Crippen molar-refractivity contribution in [1.29, 1.82) is 0 Å². The summed E-state index contributed by atoms with van der Waals surface area (Å²) in [5, 5.41) is 8.97. The third kappa shape index (κ3) is 4.47. The monoisotopic (exact) mass is 393 g/mol. The topological polar surface area (TPSA) is 49.8 Å². The Balaban J connectivity index is 2.89. The van der Waals surface area contributed by atoms with Crippen molar-refractivity contribution < 1.29 is 14.6 Å². The van der Waals surface area contributed by atoms with Crippen LogP contribution in [0.15, 0.2) is 21.1 Å². The van der Waals surface area contributed by atoms with Gasteiger partial charge in [-0.1, -0.05) is 0 Å². The smallest absolute Gasteiger partial charge is 0.320 e. The third-order valence-electron chi connectivity index (χ3n) is 2.80. The van der Waals surface area contributed by atoms with Crippen molar-refractivity contribution in [3.63, 3.8) is 0 Å². The number of hydrogen-bond donors (Lipinski definition) is 1. The second kappa shape index (κ2) is 7.26. The molecular weight excluding hydrogens is 378 g/mol. The van der Waals surface area contributed by atoms with Gasteiger partial charge in [0.25, 0.3) is 0 Å². The first-order chi connectivity index (χ1) is 8.86. The number of hydrogen-bond acceptors (Lipinski definition) is 3. The van der Waals surface area contributed by atoms with Gasteiger partial charge in [-0.15, -0.1) is 0 Å². The molecular formula is C13H17Br2NO3. The minimum absolute atomic E-state index is 0.524. The second-order valence-corrected chi connectivity index (χ2v) is 5.96. The number of nitrogens with zero attached hydrogens (tertiary/aromatic N) is 1. The van der Waals surface area contributed by atoms with E-state index in [-0.39, 0.29) is 0 Å². The van der Waals surface area contributed by atoms with Gasteiger partial charge < -0.3 is 9.84 Å². The lowest BCUT2D eigenvalue weighted by atomic mass is 10.2. The number of benzene rings is 1. The van der Waals surface area contributed by atoms with Crippen molar-refractivity contribution >= 4 is 37.8 Å². The van der Waals surface area contributed by atoms with Gasteiger partial charge in [0.1, 0.15) is 11.8 Å². The summed E-state index contributed by atoms with van der Waals surface area (Å²) in [5.41, 5.74) is 1.01. The zero-order valence-electron chi connectivity index (χ0n) is 11.1. The molecule has 1 aromatic carbocycles. The van der Waals surface area contributed by atoms with E-state index in [1.54, 1.807) is 18.9 Å². The molecule has 0 aliphatic heterocycles. The molecule has 6 heteroatoms. The van der Waals surface area contributed by atoms with Crippen LogP contribution in [0.3, 0.4) is 0 Å². The number of ether oxygens (including phenoxy) is 1. The summed E-state index contributed by atoms with van der Waals surface area (Å²) in [6.07, 6.45) is 0. The van der Waals surface area contributed by atoms with E-state index < -0.39 is 12.0 Å². The van der Waals surface area contributed by atoms with E-state index >= 15 is 0 Å². The maximum absolute atomic E-state index is 10.9. The number of carbonyl (C=O) groups is 1. The summed E-state index contributed by atoms with van der Waals surface area (Å²) in [7, 11) is 1.79. The van der Waals surface area contributed by atoms with E-state index in [1.165, 1.54) is 0 Å². The van der Waals surface area contributed by atoms with E-state index in [9.17, 15) is 4.79 Å². The van der Waals surface area contributed by atoms with Crippen LogP contribution in [0.5, 0.6) is 5.75 Å². The van der Waals surface area contributed by atoms with Gasteiger partial charge in [0, 0.05) is 6.54 Å². The molecule has 19 heavy (non-hydrogen) atoms. The molecule has 1 aromatic rings. The number of rotatable bonds is 6. The minimum Gasteiger partial charge on any atom is -0.492 e. The molecule has 0 spiro atoms. The fourth-order valence-electron chi connectivity index (χ4n) is 1.60. The number of carboxylic acid groups (broad SMARTS) is 1. The van der Waals surface area contributed by atoms with Gasteiger partial charge in [-0.3, -0.25) is 9.69 Å². The van der Waals surface area contributed by atoms with Crippen LogP contribution in [0.2, 0.25) is 0 Å². The molecule has 0 radical (unpaired) electrons. The molecule has 0 aliphatic carbocycles. The average molecular weight is 395 g/mol. The van der Waals surface area contributed by atoms with Crippen molar-refractivity contribution in [2.45, 2.75) is 26.4 Å². The standard InChI is InChI=1S/C13H17Br2NO3/c1-4-19-12-10(14)5-9(6-11(12)15)7-16(3)8(2)13(17)18/h5-6,8H,4,7H2,1-3H3,(H,17,18). The van der Waals surface area contributed by atoms with E-state index in [1.807, 2.05) is 19.1 Å². The SMILES string of the molecule is CCOc1c(Br)cc(CN(C)C(C)C(=O)O)cc1Br. The fraction of sp³-hybridized carbons (Fsp3) is 0.462. The Kier molecular flexibility index (Phi) is 6.29. The maximum Gasteiger partial charge on any atom is 0.320 e. The van der Waals surface area contributed by atoms with Crippen molar-refractivity contribution in [2.75, 3.05) is 13.7 Å². The first kappa shape index (κ1) is 16.5. The highest BCUT2D eigenvalue weighted by Crippen LogP contribution is 2.35. The molecule has 1 rings (SSSR count). The highest BCUT2D eigenvalue weighted by Gasteiger charge is 2.17. The van der Waals surface area contributed by atoms with Crippen molar-refractivity contribution in [3.8, 4) is 5.75 Å². The van der Waals surface area contributed by atoms with Gasteiger partial charge in [0.05, 0.1) is 15.6 Å². The quantitative estimate of drug-likeness (QED) is 0.801. The summed E-state index contributed by atoms with van der Waals surface area (Å²) in [6, 6.07) is 3.37. The van der Waals surface area contributed by atoms with Gasteiger partial charge in [-0.2, -0.15) is 0 Å². The van der Waals surface area contributed by atoms with Crippen LogP contribution in [-0.4, -0.2) is 35.7 Å². The second-order valence-electron chi connectivity index (χ2n) is 4.25. The van der Waals surface area contributed by atoms with Crippen molar-refractivity contribution in [3.05, 3.63) is 26.6 Å². The lowest BCUT2D eigenvalue weighted by Crippen LogP contribution is -2.35. The summed E-state index contributed by atoms with van der Waals surface area (Å²) in [4.78, 5) is 12.7. The molecule has 0 saturated carbocycles. The van der Waals surface area contributed by atoms with Crippen LogP contribution >= 0.6 is 31.9 Å². The summed E-state index contributed by atoms with van der Waals surface area (Å²) >= 11 is 6.93. The molecule has 1 unspecified atom stereocenters. The van der Waals surface area contributed by atoms with Crippen LogP contribution < -0.4 is 4.74 Å². The van der Waals surface area contributed by atoms with Crippen LogP contribution in [0.1, 0.15) is 19.4 Å². The molecule has 0 fully saturated rings. The molecule has 0 aliphatic rings. The first-order valence-corrected chi connectivity index (χ1v) is 7.49. The zero-order valence-corrected chi connectivity index (χ0v) is 14.3. The molecule has 1 atom stereocenters. The third-order valence-corrected chi connectivity index (χ3v) is 3.98. The maximum atomic E-state index is 10.9. The summed E-state index contributed by atoms with van der Waals surface area (Å²) in [5.74, 6) is -0.0632. The normalized spacial score (nSPS) is 12.5. The van der Waals surface area contributed by atoms with Crippen molar-refractivity contribution in [1.82, 2.24) is 4.90 Å².